The average molecular weight is 358 g/mol. The van der Waals surface area contributed by atoms with Crippen molar-refractivity contribution in [2.24, 2.45) is 39.6 Å². The number of aliphatic hydroxyl groups is 1. The molecule has 0 spiro atoms. The predicted molar refractivity (Wildman–Crippen MR) is 100 cm³/mol. The molecule has 0 unspecified atom stereocenters. The first-order valence-electron chi connectivity index (χ1n) is 10.1. The van der Waals surface area contributed by atoms with Gasteiger partial charge in [0.2, 0.25) is 0 Å². The molecule has 2 N–H and O–H groups in total. The van der Waals surface area contributed by atoms with E-state index < -0.39 is 0 Å². The Morgan fingerprint density at radius 1 is 1.35 bits per heavy atom. The van der Waals surface area contributed by atoms with Crippen LogP contribution in [0.5, 0.6) is 0 Å². The monoisotopic (exact) mass is 357 g/mol. The summed E-state index contributed by atoms with van der Waals surface area (Å²) in [6, 6.07) is 0. The van der Waals surface area contributed by atoms with E-state index in [1.54, 1.807) is 0 Å². The molecule has 0 radical (unpaired) electrons. The quantitative estimate of drug-likeness (QED) is 0.478. The summed E-state index contributed by atoms with van der Waals surface area (Å²) in [7, 11) is 0. The molecule has 3 aliphatic rings. The Hall–Kier alpha value is -1.52. The first-order valence-corrected chi connectivity index (χ1v) is 10.1. The molecule has 2 saturated carbocycles. The van der Waals surface area contributed by atoms with Gasteiger partial charge in [-0.05, 0) is 84.1 Å². The number of aliphatic hydroxyl groups excluding tert-OH is 1. The van der Waals surface area contributed by atoms with Crippen LogP contribution in [0.4, 0.5) is 0 Å². The number of hydrogen-bond donors (Lipinski definition) is 2. The molecule has 1 heterocycles. The third-order valence-corrected chi connectivity index (χ3v) is 8.40. The van der Waals surface area contributed by atoms with Crippen molar-refractivity contribution >= 4 is 0 Å². The second-order valence-electron chi connectivity index (χ2n) is 9.52. The molecule has 6 atom stereocenters. The van der Waals surface area contributed by atoms with E-state index in [0.29, 0.717) is 35.6 Å². The number of H-pyrrole nitrogens is 1. The summed E-state index contributed by atoms with van der Waals surface area (Å²) in [4.78, 5) is 3.04. The molecule has 0 saturated heterocycles. The van der Waals surface area contributed by atoms with Crippen molar-refractivity contribution in [2.75, 3.05) is 13.2 Å². The van der Waals surface area contributed by atoms with E-state index in [9.17, 15) is 5.11 Å². The lowest BCUT2D eigenvalue weighted by atomic mass is 9.50. The molecule has 26 heavy (non-hydrogen) atoms. The summed E-state index contributed by atoms with van der Waals surface area (Å²) < 4.78 is 0. The van der Waals surface area contributed by atoms with Crippen LogP contribution < -0.4 is 0 Å². The standard InChI is InChI=1S/C20H31N5O/c1-19-6-3-4-16(19)15(12-26)17(5-7-19)20(2)9-13-10-22-24-18(13)8-14(20)11-23-25-21/h10,14-17,26H,3-9,11-12H2,1-2H3,(H,22,24)/t14-,15+,16+,17+,19+,20+/m1/s1. The van der Waals surface area contributed by atoms with Crippen LogP contribution in [0.15, 0.2) is 11.3 Å². The first kappa shape index (κ1) is 17.9. The van der Waals surface area contributed by atoms with Crippen LogP contribution in [0.2, 0.25) is 0 Å². The SMILES string of the molecule is C[C@@]12CCC[C@H]1[C@H](CO)[C@@H]([C@@]1(C)Cc3cn[nH]c3C[C@@H]1CN=[N+]=[N-])CC2. The number of aromatic amines is 1. The minimum Gasteiger partial charge on any atom is -0.396 e. The van der Waals surface area contributed by atoms with Gasteiger partial charge in [-0.2, -0.15) is 5.10 Å². The van der Waals surface area contributed by atoms with Gasteiger partial charge in [0.1, 0.15) is 0 Å². The summed E-state index contributed by atoms with van der Waals surface area (Å²) in [5.74, 6) is 1.78. The molecule has 0 aliphatic heterocycles. The number of nitrogens with one attached hydrogen (secondary N) is 1. The van der Waals surface area contributed by atoms with E-state index in [1.165, 1.54) is 43.4 Å². The Morgan fingerprint density at radius 2 is 2.19 bits per heavy atom. The third kappa shape index (κ3) is 2.66. The molecule has 1 aromatic rings. The van der Waals surface area contributed by atoms with E-state index in [0.717, 1.165) is 12.8 Å². The number of fused-ring (bicyclic) bond motifs is 2. The van der Waals surface area contributed by atoms with Gasteiger partial charge in [-0.15, -0.1) is 0 Å². The van der Waals surface area contributed by atoms with E-state index in [1.807, 2.05) is 6.20 Å². The third-order valence-electron chi connectivity index (χ3n) is 8.40. The van der Waals surface area contributed by atoms with E-state index >= 15 is 0 Å². The lowest BCUT2D eigenvalue weighted by Crippen LogP contribution is -2.51. The van der Waals surface area contributed by atoms with Gasteiger partial charge in [0.25, 0.3) is 0 Å². The second kappa shape index (κ2) is 6.58. The van der Waals surface area contributed by atoms with Crippen LogP contribution in [0.25, 0.3) is 10.4 Å². The molecule has 1 aromatic heterocycles. The Morgan fingerprint density at radius 3 is 2.96 bits per heavy atom. The number of rotatable bonds is 4. The number of aromatic nitrogens is 2. The number of hydrogen-bond acceptors (Lipinski definition) is 3. The summed E-state index contributed by atoms with van der Waals surface area (Å²) in [6.45, 7) is 5.64. The van der Waals surface area contributed by atoms with Crippen LogP contribution in [0.3, 0.4) is 0 Å². The predicted octanol–water partition coefficient (Wildman–Crippen LogP) is 4.27. The molecule has 6 heteroatoms. The molecule has 0 bridgehead atoms. The molecular formula is C20H31N5O. The van der Waals surface area contributed by atoms with Crippen LogP contribution >= 0.6 is 0 Å². The molecule has 0 aromatic carbocycles. The van der Waals surface area contributed by atoms with Crippen molar-refractivity contribution in [3.8, 4) is 0 Å². The fraction of sp³-hybridized carbons (Fsp3) is 0.850. The summed E-state index contributed by atoms with van der Waals surface area (Å²) in [5, 5.41) is 21.7. The minimum absolute atomic E-state index is 0.0440. The van der Waals surface area contributed by atoms with Gasteiger partial charge in [0.15, 0.2) is 0 Å². The molecular weight excluding hydrogens is 326 g/mol. The molecule has 142 valence electrons. The average Bonchev–Trinajstić information content (AvgIpc) is 3.23. The Kier molecular flexibility index (Phi) is 4.52. The summed E-state index contributed by atoms with van der Waals surface area (Å²) >= 11 is 0. The van der Waals surface area contributed by atoms with Crippen molar-refractivity contribution in [1.29, 1.82) is 0 Å². The van der Waals surface area contributed by atoms with Crippen LogP contribution in [-0.2, 0) is 12.8 Å². The lowest BCUT2D eigenvalue weighted by molar-refractivity contribution is -0.0701. The fourth-order valence-electron chi connectivity index (χ4n) is 6.90. The van der Waals surface area contributed by atoms with Crippen molar-refractivity contribution in [3.05, 3.63) is 27.9 Å². The van der Waals surface area contributed by atoms with E-state index in [2.05, 4.69) is 34.1 Å². The highest BCUT2D eigenvalue weighted by atomic mass is 16.3. The van der Waals surface area contributed by atoms with Gasteiger partial charge in [0, 0.05) is 23.8 Å². The lowest BCUT2D eigenvalue weighted by Gasteiger charge is -2.55. The molecule has 3 aliphatic carbocycles. The highest BCUT2D eigenvalue weighted by Crippen LogP contribution is 2.61. The van der Waals surface area contributed by atoms with Gasteiger partial charge >= 0.3 is 0 Å². The topological polar surface area (TPSA) is 97.7 Å². The Balaban J connectivity index is 1.69. The van der Waals surface area contributed by atoms with Gasteiger partial charge in [0.05, 0.1) is 6.20 Å². The van der Waals surface area contributed by atoms with Gasteiger partial charge in [-0.3, -0.25) is 5.10 Å². The Bertz CT molecular complexity index is 711. The van der Waals surface area contributed by atoms with Crippen molar-refractivity contribution in [1.82, 2.24) is 10.2 Å². The highest BCUT2D eigenvalue weighted by Gasteiger charge is 2.55. The van der Waals surface area contributed by atoms with Crippen LogP contribution in [-0.4, -0.2) is 28.5 Å². The van der Waals surface area contributed by atoms with Crippen LogP contribution in [0.1, 0.15) is 57.2 Å². The number of nitrogens with zero attached hydrogens (tertiary/aromatic N) is 4. The highest BCUT2D eigenvalue weighted by molar-refractivity contribution is 5.25. The minimum atomic E-state index is 0.0440. The molecule has 0 amide bonds. The van der Waals surface area contributed by atoms with Gasteiger partial charge in [-0.1, -0.05) is 25.4 Å². The fourth-order valence-corrected chi connectivity index (χ4v) is 6.90. The maximum atomic E-state index is 10.4. The van der Waals surface area contributed by atoms with Crippen molar-refractivity contribution < 1.29 is 5.11 Å². The van der Waals surface area contributed by atoms with Gasteiger partial charge in [-0.25, -0.2) is 0 Å². The van der Waals surface area contributed by atoms with Crippen molar-refractivity contribution in [2.45, 2.75) is 58.8 Å². The zero-order chi connectivity index (χ0) is 18.4. The molecule has 2 fully saturated rings. The number of azide groups is 1. The Labute approximate surface area is 155 Å². The van der Waals surface area contributed by atoms with Crippen molar-refractivity contribution in [3.63, 3.8) is 0 Å². The maximum absolute atomic E-state index is 10.4. The largest absolute Gasteiger partial charge is 0.396 e. The smallest absolute Gasteiger partial charge is 0.0522 e. The first-order chi connectivity index (χ1) is 12.5. The molecule has 6 nitrogen and oxygen atoms in total. The summed E-state index contributed by atoms with van der Waals surface area (Å²) in [6.07, 6.45) is 10.1. The van der Waals surface area contributed by atoms with Crippen LogP contribution in [0, 0.1) is 34.5 Å². The second-order valence-corrected chi connectivity index (χ2v) is 9.52. The zero-order valence-corrected chi connectivity index (χ0v) is 16.0. The molecule has 4 rings (SSSR count). The normalized spacial score (nSPS) is 42.0. The summed E-state index contributed by atoms with van der Waals surface area (Å²) in [5.41, 5.74) is 11.8. The zero-order valence-electron chi connectivity index (χ0n) is 16.0. The van der Waals surface area contributed by atoms with Gasteiger partial charge < -0.3 is 5.11 Å². The van der Waals surface area contributed by atoms with E-state index in [-0.39, 0.29) is 12.0 Å². The van der Waals surface area contributed by atoms with E-state index in [4.69, 9.17) is 5.53 Å². The maximum Gasteiger partial charge on any atom is 0.0522 e.